The molecule has 1 aliphatic heterocycles. The van der Waals surface area contributed by atoms with Gasteiger partial charge in [0.15, 0.2) is 0 Å². The first kappa shape index (κ1) is 24.8. The van der Waals surface area contributed by atoms with Gasteiger partial charge in [-0.25, -0.2) is 9.78 Å². The van der Waals surface area contributed by atoms with Crippen LogP contribution in [-0.2, 0) is 30.4 Å². The molecule has 1 aromatic rings. The van der Waals surface area contributed by atoms with Gasteiger partial charge in [0.1, 0.15) is 18.1 Å². The highest BCUT2D eigenvalue weighted by Crippen LogP contribution is 2.18. The molecule has 0 aliphatic carbocycles. The Morgan fingerprint density at radius 1 is 1.28 bits per heavy atom. The summed E-state index contributed by atoms with van der Waals surface area (Å²) in [6, 6.07) is -4.08. The molecule has 8 N–H and O–H groups in total. The number of nitrogens with zero attached hydrogens (tertiary/aromatic N) is 2. The van der Waals surface area contributed by atoms with E-state index in [-0.39, 0.29) is 19.3 Å². The molecule has 0 spiro atoms. The number of carboxylic acids is 1. The van der Waals surface area contributed by atoms with Gasteiger partial charge in [-0.1, -0.05) is 0 Å². The second kappa shape index (κ2) is 11.2. The van der Waals surface area contributed by atoms with Crippen molar-refractivity contribution in [3.63, 3.8) is 0 Å². The van der Waals surface area contributed by atoms with Gasteiger partial charge in [0.25, 0.3) is 0 Å². The number of aliphatic carboxylic acids is 1. The number of aromatic nitrogens is 2. The average Bonchev–Trinajstić information content (AvgIpc) is 3.42. The maximum absolute atomic E-state index is 12.9. The Labute approximate surface area is 184 Å². The van der Waals surface area contributed by atoms with E-state index in [1.807, 2.05) is 0 Å². The van der Waals surface area contributed by atoms with Crippen LogP contribution in [0.5, 0.6) is 0 Å². The lowest BCUT2D eigenvalue weighted by molar-refractivity contribution is -0.149. The van der Waals surface area contributed by atoms with Crippen molar-refractivity contribution in [3.8, 4) is 0 Å². The zero-order valence-electron chi connectivity index (χ0n) is 17.7. The van der Waals surface area contributed by atoms with E-state index >= 15 is 0 Å². The summed E-state index contributed by atoms with van der Waals surface area (Å²) in [4.78, 5) is 68.2. The summed E-state index contributed by atoms with van der Waals surface area (Å²) in [5.74, 6) is -3.52. The van der Waals surface area contributed by atoms with Gasteiger partial charge >= 0.3 is 5.97 Å². The van der Waals surface area contributed by atoms with Gasteiger partial charge in [-0.05, 0) is 26.2 Å². The predicted molar refractivity (Wildman–Crippen MR) is 111 cm³/mol. The Kier molecular flexibility index (Phi) is 8.70. The molecule has 0 bridgehead atoms. The molecule has 13 nitrogen and oxygen atoms in total. The van der Waals surface area contributed by atoms with Gasteiger partial charge in [0.05, 0.1) is 12.4 Å². The molecule has 32 heavy (non-hydrogen) atoms. The van der Waals surface area contributed by atoms with E-state index in [1.54, 1.807) is 0 Å². The SMILES string of the molecule is CC(NC(=O)C(Cc1cnc[nH]1)NC(=O)C(N)CCC(N)=O)C(=O)N1CCCC1C(=O)O. The fourth-order valence-corrected chi connectivity index (χ4v) is 3.44. The number of carbonyl (C=O) groups is 5. The van der Waals surface area contributed by atoms with Crippen LogP contribution < -0.4 is 22.1 Å². The fraction of sp³-hybridized carbons (Fsp3) is 0.579. The number of primary amides is 1. The van der Waals surface area contributed by atoms with E-state index < -0.39 is 53.8 Å². The summed E-state index contributed by atoms with van der Waals surface area (Å²) in [5, 5.41) is 14.3. The molecule has 0 saturated carbocycles. The third-order valence-corrected chi connectivity index (χ3v) is 5.20. The minimum atomic E-state index is -1.09. The third kappa shape index (κ3) is 6.77. The van der Waals surface area contributed by atoms with Crippen molar-refractivity contribution >= 4 is 29.6 Å². The Morgan fingerprint density at radius 2 is 2.00 bits per heavy atom. The summed E-state index contributed by atoms with van der Waals surface area (Å²) >= 11 is 0. The molecule has 4 amide bonds. The van der Waals surface area contributed by atoms with Crippen LogP contribution in [0.4, 0.5) is 0 Å². The monoisotopic (exact) mass is 451 g/mol. The molecule has 2 rings (SSSR count). The Morgan fingerprint density at radius 3 is 2.59 bits per heavy atom. The highest BCUT2D eigenvalue weighted by molar-refractivity contribution is 5.94. The zero-order valence-corrected chi connectivity index (χ0v) is 17.7. The molecule has 1 saturated heterocycles. The maximum atomic E-state index is 12.9. The van der Waals surface area contributed by atoms with E-state index in [4.69, 9.17) is 11.5 Å². The normalized spacial score (nSPS) is 18.4. The molecule has 176 valence electrons. The van der Waals surface area contributed by atoms with Crippen LogP contribution in [-0.4, -0.2) is 80.3 Å². The first-order valence-corrected chi connectivity index (χ1v) is 10.2. The van der Waals surface area contributed by atoms with Crippen LogP contribution in [0.1, 0.15) is 38.3 Å². The van der Waals surface area contributed by atoms with Crippen molar-refractivity contribution in [2.24, 2.45) is 11.5 Å². The number of likely N-dealkylation sites (tertiary alicyclic amines) is 1. The van der Waals surface area contributed by atoms with Crippen LogP contribution in [0.15, 0.2) is 12.5 Å². The number of nitrogens with one attached hydrogen (secondary N) is 3. The Hall–Kier alpha value is -3.48. The molecule has 1 aromatic heterocycles. The van der Waals surface area contributed by atoms with E-state index in [0.717, 1.165) is 0 Å². The van der Waals surface area contributed by atoms with Crippen LogP contribution in [0.3, 0.4) is 0 Å². The van der Waals surface area contributed by atoms with Crippen molar-refractivity contribution in [3.05, 3.63) is 18.2 Å². The fourth-order valence-electron chi connectivity index (χ4n) is 3.44. The maximum Gasteiger partial charge on any atom is 0.326 e. The smallest absolute Gasteiger partial charge is 0.326 e. The lowest BCUT2D eigenvalue weighted by Gasteiger charge is -2.27. The number of amides is 4. The lowest BCUT2D eigenvalue weighted by atomic mass is 10.1. The van der Waals surface area contributed by atoms with Crippen LogP contribution in [0.25, 0.3) is 0 Å². The molecule has 2 heterocycles. The number of carboxylic acid groups (broad SMARTS) is 1. The van der Waals surface area contributed by atoms with Crippen molar-refractivity contribution in [1.29, 1.82) is 0 Å². The minimum absolute atomic E-state index is 0.0139. The summed E-state index contributed by atoms with van der Waals surface area (Å²) in [6.45, 7) is 1.74. The van der Waals surface area contributed by atoms with E-state index in [1.165, 1.54) is 24.3 Å². The van der Waals surface area contributed by atoms with Crippen molar-refractivity contribution in [1.82, 2.24) is 25.5 Å². The Bertz CT molecular complexity index is 843. The first-order chi connectivity index (χ1) is 15.1. The summed E-state index contributed by atoms with van der Waals surface area (Å²) in [5.41, 5.74) is 11.4. The van der Waals surface area contributed by atoms with Gasteiger partial charge < -0.3 is 37.1 Å². The second-order valence-electron chi connectivity index (χ2n) is 7.71. The quantitative estimate of drug-likeness (QED) is 0.213. The summed E-state index contributed by atoms with van der Waals surface area (Å²) < 4.78 is 0. The number of hydrogen-bond acceptors (Lipinski definition) is 7. The van der Waals surface area contributed by atoms with Crippen LogP contribution >= 0.6 is 0 Å². The number of nitrogens with two attached hydrogens (primary N) is 2. The highest BCUT2D eigenvalue weighted by atomic mass is 16.4. The van der Waals surface area contributed by atoms with Crippen molar-refractivity contribution < 1.29 is 29.1 Å². The highest BCUT2D eigenvalue weighted by Gasteiger charge is 2.37. The number of carbonyl (C=O) groups excluding carboxylic acids is 4. The van der Waals surface area contributed by atoms with Gasteiger partial charge in [-0.15, -0.1) is 0 Å². The van der Waals surface area contributed by atoms with Gasteiger partial charge in [-0.2, -0.15) is 0 Å². The zero-order chi connectivity index (χ0) is 23.8. The molecule has 1 fully saturated rings. The topological polar surface area (TPSA) is 214 Å². The molecular formula is C19H29N7O6. The molecule has 4 unspecified atom stereocenters. The number of H-pyrrole nitrogens is 1. The molecule has 13 heteroatoms. The number of hydrogen-bond donors (Lipinski definition) is 6. The van der Waals surface area contributed by atoms with E-state index in [2.05, 4.69) is 20.6 Å². The van der Waals surface area contributed by atoms with Crippen LogP contribution in [0, 0.1) is 0 Å². The van der Waals surface area contributed by atoms with Crippen LogP contribution in [0.2, 0.25) is 0 Å². The van der Waals surface area contributed by atoms with E-state index in [0.29, 0.717) is 25.1 Å². The predicted octanol–water partition coefficient (Wildman–Crippen LogP) is -2.39. The number of aromatic amines is 1. The molecule has 4 atom stereocenters. The molecule has 1 aliphatic rings. The summed E-state index contributed by atoms with van der Waals surface area (Å²) in [6.07, 6.45) is 3.78. The van der Waals surface area contributed by atoms with Crippen molar-refractivity contribution in [2.45, 2.75) is 63.2 Å². The first-order valence-electron chi connectivity index (χ1n) is 10.2. The van der Waals surface area contributed by atoms with Crippen molar-refractivity contribution in [2.75, 3.05) is 6.54 Å². The molecular weight excluding hydrogens is 422 g/mol. The third-order valence-electron chi connectivity index (χ3n) is 5.20. The largest absolute Gasteiger partial charge is 0.480 e. The average molecular weight is 451 g/mol. The molecule has 0 aromatic carbocycles. The molecule has 0 radical (unpaired) electrons. The Balaban J connectivity index is 2.05. The number of imidazole rings is 1. The van der Waals surface area contributed by atoms with Gasteiger partial charge in [-0.3, -0.25) is 19.2 Å². The standard InChI is InChI=1S/C19H29N7O6/c1-10(18(30)26-6-2-3-14(26)19(31)32)24-17(29)13(7-11-8-22-9-23-11)25-16(28)12(20)4-5-15(21)27/h8-10,12-14H,2-7,20H2,1H3,(H2,21,27)(H,22,23)(H,24,29)(H,25,28)(H,31,32). The van der Waals surface area contributed by atoms with Gasteiger partial charge in [0, 0.05) is 31.3 Å². The van der Waals surface area contributed by atoms with Gasteiger partial charge in [0.2, 0.25) is 23.6 Å². The summed E-state index contributed by atoms with van der Waals surface area (Å²) in [7, 11) is 0. The second-order valence-corrected chi connectivity index (χ2v) is 7.71. The van der Waals surface area contributed by atoms with E-state index in [9.17, 15) is 29.1 Å². The minimum Gasteiger partial charge on any atom is -0.480 e. The lowest BCUT2D eigenvalue weighted by Crippen LogP contribution is -2.57. The number of rotatable bonds is 11.